The normalized spacial score (nSPS) is 12.1. The van der Waals surface area contributed by atoms with E-state index in [1.54, 1.807) is 24.3 Å². The first-order valence-electron chi connectivity index (χ1n) is 8.48. The third-order valence-corrected chi connectivity index (χ3v) is 4.12. The fourth-order valence-corrected chi connectivity index (χ4v) is 2.77. The van der Waals surface area contributed by atoms with Crippen molar-refractivity contribution in [3.8, 4) is 28.7 Å². The molecule has 0 N–H and O–H groups in total. The highest BCUT2D eigenvalue weighted by molar-refractivity contribution is 6.00. The van der Waals surface area contributed by atoms with Gasteiger partial charge in [-0.1, -0.05) is 0 Å². The molecule has 1 aliphatic heterocycles. The highest BCUT2D eigenvalue weighted by Crippen LogP contribution is 2.40. The molecule has 2 aromatic carbocycles. The van der Waals surface area contributed by atoms with Crippen LogP contribution in [0.3, 0.4) is 0 Å². The Balaban J connectivity index is 1.73. The third-order valence-electron chi connectivity index (χ3n) is 4.12. The lowest BCUT2D eigenvalue weighted by atomic mass is 10.1. The number of ketones is 1. The average Bonchev–Trinajstić information content (AvgIpc) is 2.75. The first-order chi connectivity index (χ1) is 13.6. The molecule has 0 unspecified atom stereocenters. The van der Waals surface area contributed by atoms with Gasteiger partial charge in [-0.05, 0) is 30.3 Å². The van der Waals surface area contributed by atoms with Gasteiger partial charge in [-0.3, -0.25) is 4.79 Å². The molecule has 0 saturated carbocycles. The van der Waals surface area contributed by atoms with Crippen LogP contribution in [0.25, 0.3) is 0 Å². The van der Waals surface area contributed by atoms with E-state index in [9.17, 15) is 9.59 Å². The maximum absolute atomic E-state index is 12.5. The summed E-state index contributed by atoms with van der Waals surface area (Å²) in [4.78, 5) is 24.9. The summed E-state index contributed by atoms with van der Waals surface area (Å²) in [7, 11) is 4.30. The van der Waals surface area contributed by atoms with Crippen LogP contribution in [-0.2, 0) is 4.74 Å². The van der Waals surface area contributed by atoms with Crippen molar-refractivity contribution in [1.29, 1.82) is 0 Å². The van der Waals surface area contributed by atoms with Gasteiger partial charge in [-0.15, -0.1) is 0 Å². The minimum Gasteiger partial charge on any atom is -0.493 e. The Morgan fingerprint density at radius 1 is 0.893 bits per heavy atom. The van der Waals surface area contributed by atoms with E-state index in [0.29, 0.717) is 36.0 Å². The van der Waals surface area contributed by atoms with E-state index in [-0.39, 0.29) is 22.8 Å². The number of carbonyl (C=O) groups excluding carboxylic acids is 2. The SMILES string of the molecule is COc1ccc(C(=O)OCC(=O)c2ccc3c(c2)OCCO3)c(OC)c1OC. The second-order valence-electron chi connectivity index (χ2n) is 5.74. The quantitative estimate of drug-likeness (QED) is 0.528. The van der Waals surface area contributed by atoms with Gasteiger partial charge >= 0.3 is 5.97 Å². The molecule has 8 nitrogen and oxygen atoms in total. The molecule has 0 bridgehead atoms. The van der Waals surface area contributed by atoms with Crippen molar-refractivity contribution in [2.75, 3.05) is 41.2 Å². The van der Waals surface area contributed by atoms with Crippen molar-refractivity contribution in [2.45, 2.75) is 0 Å². The fourth-order valence-electron chi connectivity index (χ4n) is 2.77. The summed E-state index contributed by atoms with van der Waals surface area (Å²) >= 11 is 0. The highest BCUT2D eigenvalue weighted by atomic mass is 16.6. The van der Waals surface area contributed by atoms with E-state index in [1.807, 2.05) is 0 Å². The predicted molar refractivity (Wildman–Crippen MR) is 98.1 cm³/mol. The van der Waals surface area contributed by atoms with Gasteiger partial charge in [0.05, 0.1) is 21.3 Å². The standard InChI is InChI=1S/C20H20O8/c1-23-16-7-5-13(18(24-2)19(16)25-3)20(22)28-11-14(21)12-4-6-15-17(10-12)27-9-8-26-15/h4-7,10H,8-9,11H2,1-3H3. The zero-order valence-electron chi connectivity index (χ0n) is 15.8. The van der Waals surface area contributed by atoms with Crippen LogP contribution in [0.2, 0.25) is 0 Å². The maximum Gasteiger partial charge on any atom is 0.342 e. The molecule has 2 aromatic rings. The fraction of sp³-hybridized carbons (Fsp3) is 0.300. The maximum atomic E-state index is 12.5. The molecule has 0 aromatic heterocycles. The number of hydrogen-bond acceptors (Lipinski definition) is 8. The average molecular weight is 388 g/mol. The van der Waals surface area contributed by atoms with Crippen LogP contribution in [0.1, 0.15) is 20.7 Å². The van der Waals surface area contributed by atoms with Gasteiger partial charge in [0, 0.05) is 5.56 Å². The van der Waals surface area contributed by atoms with Crippen molar-refractivity contribution in [3.63, 3.8) is 0 Å². The molecule has 1 heterocycles. The van der Waals surface area contributed by atoms with Crippen LogP contribution in [-0.4, -0.2) is 52.9 Å². The predicted octanol–water partition coefficient (Wildman–Crippen LogP) is 2.52. The second-order valence-corrected chi connectivity index (χ2v) is 5.74. The van der Waals surface area contributed by atoms with Crippen LogP contribution in [0.4, 0.5) is 0 Å². The second kappa shape index (κ2) is 8.51. The molecule has 28 heavy (non-hydrogen) atoms. The molecule has 0 fully saturated rings. The molecule has 8 heteroatoms. The van der Waals surface area contributed by atoms with Crippen molar-refractivity contribution >= 4 is 11.8 Å². The number of hydrogen-bond donors (Lipinski definition) is 0. The molecule has 0 atom stereocenters. The molecule has 0 amide bonds. The summed E-state index contributed by atoms with van der Waals surface area (Å²) in [5.41, 5.74) is 0.478. The first-order valence-corrected chi connectivity index (χ1v) is 8.48. The molecule has 0 spiro atoms. The van der Waals surface area contributed by atoms with E-state index >= 15 is 0 Å². The van der Waals surface area contributed by atoms with Gasteiger partial charge in [0.2, 0.25) is 5.75 Å². The summed E-state index contributed by atoms with van der Waals surface area (Å²) in [6.07, 6.45) is 0. The number of carbonyl (C=O) groups is 2. The summed E-state index contributed by atoms with van der Waals surface area (Å²) < 4.78 is 31.7. The van der Waals surface area contributed by atoms with Crippen molar-refractivity contribution in [2.24, 2.45) is 0 Å². The summed E-state index contributed by atoms with van der Waals surface area (Å²) in [6, 6.07) is 7.86. The monoisotopic (exact) mass is 388 g/mol. The van der Waals surface area contributed by atoms with Crippen molar-refractivity contribution < 1.29 is 38.0 Å². The number of methoxy groups -OCH3 is 3. The third kappa shape index (κ3) is 3.80. The number of fused-ring (bicyclic) bond motifs is 1. The molecule has 148 valence electrons. The molecule has 3 rings (SSSR count). The van der Waals surface area contributed by atoms with Gasteiger partial charge in [0.1, 0.15) is 18.8 Å². The Hall–Kier alpha value is -3.42. The van der Waals surface area contributed by atoms with Gasteiger partial charge in [-0.25, -0.2) is 4.79 Å². The van der Waals surface area contributed by atoms with Crippen LogP contribution >= 0.6 is 0 Å². The van der Waals surface area contributed by atoms with Crippen molar-refractivity contribution in [3.05, 3.63) is 41.5 Å². The molecule has 0 saturated heterocycles. The van der Waals surface area contributed by atoms with Crippen molar-refractivity contribution in [1.82, 2.24) is 0 Å². The molecule has 1 aliphatic rings. The number of rotatable bonds is 7. The van der Waals surface area contributed by atoms with E-state index in [1.165, 1.54) is 27.4 Å². The lowest BCUT2D eigenvalue weighted by Gasteiger charge is -2.18. The zero-order valence-corrected chi connectivity index (χ0v) is 15.8. The number of benzene rings is 2. The van der Waals surface area contributed by atoms with E-state index in [2.05, 4.69) is 0 Å². The van der Waals surface area contributed by atoms with Gasteiger partial charge < -0.3 is 28.4 Å². The van der Waals surface area contributed by atoms with E-state index < -0.39 is 12.6 Å². The smallest absolute Gasteiger partial charge is 0.342 e. The highest BCUT2D eigenvalue weighted by Gasteiger charge is 2.23. The van der Waals surface area contributed by atoms with Gasteiger partial charge in [0.15, 0.2) is 35.4 Å². The van der Waals surface area contributed by atoms with E-state index in [0.717, 1.165) is 0 Å². The minimum absolute atomic E-state index is 0.120. The Morgan fingerprint density at radius 3 is 2.29 bits per heavy atom. The van der Waals surface area contributed by atoms with Crippen LogP contribution in [0.15, 0.2) is 30.3 Å². The first kappa shape index (κ1) is 19.3. The molecular formula is C20H20O8. The Morgan fingerprint density at radius 2 is 1.61 bits per heavy atom. The summed E-state index contributed by atoms with van der Waals surface area (Å²) in [5.74, 6) is 0.813. The number of ether oxygens (including phenoxy) is 6. The van der Waals surface area contributed by atoms with Gasteiger partial charge in [0.25, 0.3) is 0 Å². The van der Waals surface area contributed by atoms with Crippen LogP contribution < -0.4 is 23.7 Å². The van der Waals surface area contributed by atoms with Gasteiger partial charge in [-0.2, -0.15) is 0 Å². The number of Topliss-reactive ketones (excluding diaryl/α,β-unsaturated/α-hetero) is 1. The topological polar surface area (TPSA) is 89.5 Å². The molecule has 0 radical (unpaired) electrons. The minimum atomic E-state index is -0.719. The lowest BCUT2D eigenvalue weighted by molar-refractivity contribution is 0.0470. The summed E-state index contributed by atoms with van der Waals surface area (Å²) in [5, 5.41) is 0. The van der Waals surface area contributed by atoms with Crippen LogP contribution in [0.5, 0.6) is 28.7 Å². The molecular weight excluding hydrogens is 368 g/mol. The molecule has 0 aliphatic carbocycles. The number of esters is 1. The Labute approximate surface area is 161 Å². The lowest BCUT2D eigenvalue weighted by Crippen LogP contribution is -2.17. The largest absolute Gasteiger partial charge is 0.493 e. The Bertz CT molecular complexity index is 890. The van der Waals surface area contributed by atoms with Crippen LogP contribution in [0, 0.1) is 0 Å². The summed E-state index contributed by atoms with van der Waals surface area (Å²) in [6.45, 7) is 0.444. The van der Waals surface area contributed by atoms with E-state index in [4.69, 9.17) is 28.4 Å². The Kier molecular flexibility index (Phi) is 5.88. The zero-order chi connectivity index (χ0) is 20.1.